The number of non-ortho nitro benzene ring substituents is 2. The first-order chi connectivity index (χ1) is 33.8. The van der Waals surface area contributed by atoms with Crippen molar-refractivity contribution >= 4 is 84.5 Å². The van der Waals surface area contributed by atoms with Gasteiger partial charge in [0.05, 0.1) is 46.7 Å². The fraction of sp³-hybridized carbons (Fsp3) is 0.0962. The van der Waals surface area contributed by atoms with Gasteiger partial charge in [0.15, 0.2) is 23.1 Å². The van der Waals surface area contributed by atoms with E-state index in [1.165, 1.54) is 84.8 Å². The van der Waals surface area contributed by atoms with Gasteiger partial charge in [0.2, 0.25) is 0 Å². The lowest BCUT2D eigenvalue weighted by Gasteiger charge is -2.20. The second kappa shape index (κ2) is 19.0. The normalized spacial score (nSPS) is 12.1. The Balaban J connectivity index is 0.981. The molecule has 0 spiro atoms. The molecule has 0 N–H and O–H groups in total. The number of carbonyl (C=O) groups is 3. The third-order valence-electron chi connectivity index (χ3n) is 11.8. The minimum atomic E-state index is -0.522. The van der Waals surface area contributed by atoms with Crippen LogP contribution in [0.1, 0.15) is 47.8 Å². The zero-order valence-corrected chi connectivity index (χ0v) is 37.7. The Morgan fingerprint density at radius 1 is 0.557 bits per heavy atom. The second-order valence-corrected chi connectivity index (χ2v) is 15.9. The molecule has 0 bridgehead atoms. The van der Waals surface area contributed by atoms with Crippen molar-refractivity contribution in [2.75, 3.05) is 38.3 Å². The van der Waals surface area contributed by atoms with Crippen LogP contribution in [0.3, 0.4) is 0 Å². The zero-order valence-electron chi connectivity index (χ0n) is 37.7. The molecule has 8 aromatic carbocycles. The number of fused-ring (bicyclic) bond motifs is 4. The molecule has 0 atom stereocenters. The predicted octanol–water partition coefficient (Wildman–Crippen LogP) is 12.3. The van der Waals surface area contributed by atoms with Gasteiger partial charge in [0.1, 0.15) is 18.0 Å². The van der Waals surface area contributed by atoms with Crippen LogP contribution >= 0.6 is 0 Å². The molecule has 0 unspecified atom stereocenters. The number of hydrogen-bond donors (Lipinski definition) is 0. The van der Waals surface area contributed by atoms with Gasteiger partial charge >= 0.3 is 0 Å². The number of azo groups is 2. The monoisotopic (exact) mass is 934 g/mol. The lowest BCUT2D eigenvalue weighted by Crippen LogP contribution is -2.26. The van der Waals surface area contributed by atoms with E-state index in [0.29, 0.717) is 44.8 Å². The first kappa shape index (κ1) is 45.6. The summed E-state index contributed by atoms with van der Waals surface area (Å²) in [5.74, 6) is -0.754. The average Bonchev–Trinajstić information content (AvgIpc) is 3.39. The lowest BCUT2D eigenvalue weighted by molar-refractivity contribution is -0.385. The third-order valence-corrected chi connectivity index (χ3v) is 11.8. The molecule has 1 amide bonds. The average molecular weight is 935 g/mol. The highest BCUT2D eigenvalue weighted by atomic mass is 16.7. The van der Waals surface area contributed by atoms with E-state index >= 15 is 0 Å². The quantitative estimate of drug-likeness (QED) is 0.0566. The highest BCUT2D eigenvalue weighted by molar-refractivity contribution is 6.29. The molecule has 346 valence electrons. The molecule has 9 rings (SSSR count). The van der Waals surface area contributed by atoms with E-state index in [1.807, 2.05) is 42.5 Å². The number of nitrogens with zero attached hydrogens (tertiary/aromatic N) is 8. The smallest absolute Gasteiger partial charge is 0.269 e. The summed E-state index contributed by atoms with van der Waals surface area (Å²) in [6.45, 7) is 0.0485. The van der Waals surface area contributed by atoms with Crippen LogP contribution in [0, 0.1) is 20.2 Å². The van der Waals surface area contributed by atoms with E-state index in [2.05, 4.69) is 20.5 Å². The number of nitro groups is 2. The van der Waals surface area contributed by atoms with E-state index in [9.17, 15) is 34.6 Å². The maximum atomic E-state index is 14.1. The summed E-state index contributed by atoms with van der Waals surface area (Å²) < 4.78 is 11.7. The summed E-state index contributed by atoms with van der Waals surface area (Å²) in [7, 11) is 6.13. The van der Waals surface area contributed by atoms with Crippen LogP contribution < -0.4 is 19.4 Å². The minimum absolute atomic E-state index is 0.0417. The summed E-state index contributed by atoms with van der Waals surface area (Å²) in [5.41, 5.74) is 3.47. The Hall–Kier alpha value is -9.55. The predicted molar refractivity (Wildman–Crippen MR) is 261 cm³/mol. The molecule has 18 nitrogen and oxygen atoms in total. The Morgan fingerprint density at radius 2 is 1.03 bits per heavy atom. The molecule has 0 fully saturated rings. The summed E-state index contributed by atoms with van der Waals surface area (Å²) in [6, 6.07) is 39.1. The number of carbonyl (C=O) groups excluding carboxylic acids is 3. The summed E-state index contributed by atoms with van der Waals surface area (Å²) in [5, 5.41) is 44.8. The second-order valence-electron chi connectivity index (χ2n) is 15.9. The van der Waals surface area contributed by atoms with Crippen molar-refractivity contribution in [2.24, 2.45) is 20.5 Å². The summed E-state index contributed by atoms with van der Waals surface area (Å²) >= 11 is 0. The highest BCUT2D eigenvalue weighted by Gasteiger charge is 2.31. The molecule has 1 aliphatic rings. The number of ketones is 2. The van der Waals surface area contributed by atoms with Crippen LogP contribution in [0.4, 0.5) is 45.5 Å². The number of rotatable bonds is 14. The first-order valence-electron chi connectivity index (χ1n) is 21.4. The van der Waals surface area contributed by atoms with Gasteiger partial charge in [-0.05, 0) is 83.6 Å². The van der Waals surface area contributed by atoms with Crippen molar-refractivity contribution in [3.63, 3.8) is 0 Å². The molecule has 0 saturated heterocycles. The van der Waals surface area contributed by atoms with Gasteiger partial charge < -0.3 is 14.4 Å². The van der Waals surface area contributed by atoms with Crippen molar-refractivity contribution < 1.29 is 38.5 Å². The molecule has 0 saturated carbocycles. The molecular weight excluding hydrogens is 897 g/mol. The van der Waals surface area contributed by atoms with Crippen LogP contribution in [-0.4, -0.2) is 55.6 Å². The van der Waals surface area contributed by atoms with Crippen molar-refractivity contribution in [3.8, 4) is 11.5 Å². The summed E-state index contributed by atoms with van der Waals surface area (Å²) in [4.78, 5) is 70.9. The number of methoxy groups -OCH3 is 2. The lowest BCUT2D eigenvalue weighted by atomic mass is 9.83. The van der Waals surface area contributed by atoms with Crippen LogP contribution in [0.5, 0.6) is 11.5 Å². The molecule has 0 aromatic heterocycles. The Labute approximate surface area is 397 Å². The maximum Gasteiger partial charge on any atom is 0.269 e. The van der Waals surface area contributed by atoms with Gasteiger partial charge in [-0.25, -0.2) is 0 Å². The fourth-order valence-electron chi connectivity index (χ4n) is 8.16. The minimum Gasteiger partial charge on any atom is -0.494 e. The molecule has 8 aromatic rings. The van der Waals surface area contributed by atoms with Gasteiger partial charge in [-0.3, -0.25) is 44.5 Å². The fourth-order valence-corrected chi connectivity index (χ4v) is 8.16. The number of benzene rings is 8. The van der Waals surface area contributed by atoms with E-state index < -0.39 is 27.3 Å². The Kier molecular flexibility index (Phi) is 12.4. The van der Waals surface area contributed by atoms with E-state index in [0.717, 1.165) is 10.8 Å². The number of hydrogen-bond acceptors (Lipinski definition) is 15. The molecule has 0 heterocycles. The van der Waals surface area contributed by atoms with Crippen LogP contribution in [-0.2, 0) is 11.4 Å². The van der Waals surface area contributed by atoms with Gasteiger partial charge in [-0.1, -0.05) is 48.5 Å². The Bertz CT molecular complexity index is 3520. The molecule has 0 aliphatic heterocycles. The molecule has 70 heavy (non-hydrogen) atoms. The van der Waals surface area contributed by atoms with Crippen molar-refractivity contribution in [3.05, 3.63) is 199 Å². The van der Waals surface area contributed by atoms with E-state index in [1.54, 1.807) is 56.6 Å². The van der Waals surface area contributed by atoms with Crippen molar-refractivity contribution in [1.29, 1.82) is 0 Å². The number of nitro benzene ring substituents is 2. The standard InChI is InChI=1S/C52H38N8O10/c1-57(35-15-19-37(20-16-35)59(64)65)52(63)45-26-31-10-6-8-12-40(31)47(51(45)69-4)56-54-34-14-24-42-44(28-34)49(62)41-23-13-33(27-43(41)48(42)61)53-55-46-39-11-7-5-9-30(39)25-32(50(46)68-3)29-70-58(2)36-17-21-38(22-18-36)60(66)67/h5-28H,29H2,1-4H3. The maximum absolute atomic E-state index is 14.1. The van der Waals surface area contributed by atoms with Gasteiger partial charge in [0, 0.05) is 82.6 Å². The number of ether oxygens (including phenoxy) is 2. The van der Waals surface area contributed by atoms with Crippen molar-refractivity contribution in [2.45, 2.75) is 6.61 Å². The van der Waals surface area contributed by atoms with E-state index in [-0.39, 0.29) is 62.9 Å². The van der Waals surface area contributed by atoms with Crippen LogP contribution in [0.2, 0.25) is 0 Å². The third kappa shape index (κ3) is 8.64. The Morgan fingerprint density at radius 3 is 1.53 bits per heavy atom. The van der Waals surface area contributed by atoms with Gasteiger partial charge in [-0.2, -0.15) is 10.2 Å². The van der Waals surface area contributed by atoms with Gasteiger partial charge in [0.25, 0.3) is 17.3 Å². The highest BCUT2D eigenvalue weighted by Crippen LogP contribution is 2.43. The zero-order chi connectivity index (χ0) is 49.2. The largest absolute Gasteiger partial charge is 0.494 e. The molecular formula is C52H38N8O10. The van der Waals surface area contributed by atoms with E-state index in [4.69, 9.17) is 14.3 Å². The van der Waals surface area contributed by atoms with Crippen LogP contribution in [0.15, 0.2) is 166 Å². The number of amides is 1. The molecule has 1 aliphatic carbocycles. The molecule has 18 heteroatoms. The number of anilines is 2. The topological polar surface area (TPSA) is 221 Å². The molecule has 0 radical (unpaired) electrons. The van der Waals surface area contributed by atoms with Crippen molar-refractivity contribution in [1.82, 2.24) is 0 Å². The first-order valence-corrected chi connectivity index (χ1v) is 21.4. The summed E-state index contributed by atoms with van der Waals surface area (Å²) in [6.07, 6.45) is 0. The van der Waals surface area contributed by atoms with Crippen LogP contribution in [0.25, 0.3) is 21.5 Å². The van der Waals surface area contributed by atoms with Gasteiger partial charge in [-0.15, -0.1) is 10.2 Å². The SMILES string of the molecule is COc1c(CON(C)c2ccc([N+](=O)[O-])cc2)cc2ccccc2c1N=Nc1ccc2c(c1)C(=O)c1ccc(N=Nc3c(OC)c(C(=O)N(C)c4ccc([N+](=O)[O-])cc4)cc4ccccc34)cc1C2=O. The number of hydroxylamine groups is 1.